The first kappa shape index (κ1) is 25.6. The number of anilines is 1. The highest BCUT2D eigenvalue weighted by molar-refractivity contribution is 9.10. The zero-order chi connectivity index (χ0) is 26.6. The molecule has 190 valence electrons. The molecule has 0 saturated carbocycles. The molecule has 1 aromatic heterocycles. The molecule has 0 aliphatic carbocycles. The van der Waals surface area contributed by atoms with Crippen LogP contribution in [0, 0.1) is 0 Å². The second-order valence-corrected chi connectivity index (χ2v) is 11.2. The van der Waals surface area contributed by atoms with Gasteiger partial charge in [0.05, 0.1) is 46.8 Å². The van der Waals surface area contributed by atoms with E-state index in [4.69, 9.17) is 9.47 Å². The summed E-state index contributed by atoms with van der Waals surface area (Å²) >= 11 is 8.12. The lowest BCUT2D eigenvalue weighted by Gasteiger charge is -2.25. The number of amides is 1. The van der Waals surface area contributed by atoms with Crippen molar-refractivity contribution in [2.75, 3.05) is 25.7 Å². The van der Waals surface area contributed by atoms with Crippen molar-refractivity contribution in [1.29, 1.82) is 0 Å². The molecule has 3 heterocycles. The van der Waals surface area contributed by atoms with Crippen LogP contribution in [-0.4, -0.2) is 37.2 Å². The maximum atomic E-state index is 14.1. The third-order valence-corrected chi connectivity index (χ3v) is 8.49. The fourth-order valence-corrected chi connectivity index (χ4v) is 6.68. The monoisotopic (exact) mass is 645 g/mol. The lowest BCUT2D eigenvalue weighted by molar-refractivity contribution is -0.139. The smallest absolute Gasteiger partial charge is 0.338 e. The SMILES string of the molecule is CCOC(=O)C1=C(C)N=c2s/c(=C3\C(=O)N(C)c4ccc(Br)cc43)c(=O)n2[C@H]1c1ccc(OC)c(Br)c1. The number of rotatable bonds is 4. The Labute approximate surface area is 232 Å². The molecule has 0 radical (unpaired) electrons. The fourth-order valence-electron chi connectivity index (χ4n) is 4.62. The zero-order valence-corrected chi connectivity index (χ0v) is 24.3. The summed E-state index contributed by atoms with van der Waals surface area (Å²) in [6, 6.07) is 10.1. The molecule has 0 bridgehead atoms. The highest BCUT2D eigenvalue weighted by atomic mass is 79.9. The van der Waals surface area contributed by atoms with E-state index >= 15 is 0 Å². The number of ether oxygens (including phenoxy) is 2. The molecular weight excluding hydrogens is 626 g/mol. The van der Waals surface area contributed by atoms with E-state index in [1.165, 1.54) is 9.47 Å². The van der Waals surface area contributed by atoms with Crippen molar-refractivity contribution < 1.29 is 19.1 Å². The van der Waals surface area contributed by atoms with Gasteiger partial charge >= 0.3 is 5.97 Å². The van der Waals surface area contributed by atoms with Gasteiger partial charge in [-0.25, -0.2) is 9.79 Å². The van der Waals surface area contributed by atoms with Crippen LogP contribution >= 0.6 is 43.2 Å². The second kappa shape index (κ2) is 9.70. The number of aromatic nitrogens is 1. The number of esters is 1. The maximum absolute atomic E-state index is 14.1. The van der Waals surface area contributed by atoms with Crippen molar-refractivity contribution in [1.82, 2.24) is 4.57 Å². The first-order chi connectivity index (χ1) is 17.7. The maximum Gasteiger partial charge on any atom is 0.338 e. The summed E-state index contributed by atoms with van der Waals surface area (Å²) in [4.78, 5) is 47.1. The Morgan fingerprint density at radius 3 is 2.59 bits per heavy atom. The number of thiazole rings is 1. The quantitative estimate of drug-likeness (QED) is 0.404. The van der Waals surface area contributed by atoms with Crippen LogP contribution in [0.1, 0.15) is 31.0 Å². The minimum Gasteiger partial charge on any atom is -0.496 e. The lowest BCUT2D eigenvalue weighted by atomic mass is 9.96. The van der Waals surface area contributed by atoms with Crippen LogP contribution in [0.15, 0.2) is 66.4 Å². The molecular formula is C26H21Br2N3O5S. The van der Waals surface area contributed by atoms with Gasteiger partial charge < -0.3 is 14.4 Å². The van der Waals surface area contributed by atoms with Gasteiger partial charge in [-0.05, 0) is 65.7 Å². The fraction of sp³-hybridized carbons (Fsp3) is 0.231. The minimum absolute atomic E-state index is 0.176. The second-order valence-electron chi connectivity index (χ2n) is 8.42. The Morgan fingerprint density at radius 2 is 1.92 bits per heavy atom. The number of carbonyl (C=O) groups is 2. The predicted molar refractivity (Wildman–Crippen MR) is 148 cm³/mol. The number of likely N-dealkylation sites (N-methyl/N-ethyl adjacent to an activating group) is 1. The van der Waals surface area contributed by atoms with E-state index in [0.717, 1.165) is 15.8 Å². The van der Waals surface area contributed by atoms with Crippen LogP contribution < -0.4 is 24.5 Å². The molecule has 5 rings (SSSR count). The van der Waals surface area contributed by atoms with Crippen LogP contribution in [0.25, 0.3) is 5.57 Å². The molecule has 8 nitrogen and oxygen atoms in total. The van der Waals surface area contributed by atoms with Crippen molar-refractivity contribution in [2.45, 2.75) is 19.9 Å². The standard InChI is InChI=1S/C26H21Br2N3O5S/c1-5-36-25(34)19-12(2)29-26-31(21(19)13-6-9-18(35-4)16(28)10-13)24(33)22(37-26)20-15-11-14(27)7-8-17(15)30(3)23(20)32/h6-11,21H,5H2,1-4H3/b22-20-/t21-/m0/s1. The van der Waals surface area contributed by atoms with Gasteiger partial charge in [-0.15, -0.1) is 0 Å². The predicted octanol–water partition coefficient (Wildman–Crippen LogP) is 3.68. The van der Waals surface area contributed by atoms with Crippen LogP contribution in [0.3, 0.4) is 0 Å². The Hall–Kier alpha value is -3.02. The summed E-state index contributed by atoms with van der Waals surface area (Å²) < 4.78 is 13.9. The van der Waals surface area contributed by atoms with Crippen LogP contribution in [0.5, 0.6) is 5.75 Å². The van der Waals surface area contributed by atoms with Gasteiger partial charge in [0, 0.05) is 17.1 Å². The number of hydrogen-bond acceptors (Lipinski definition) is 7. The van der Waals surface area contributed by atoms with Crippen molar-refractivity contribution >= 4 is 66.3 Å². The van der Waals surface area contributed by atoms with E-state index in [1.54, 1.807) is 40.1 Å². The summed E-state index contributed by atoms with van der Waals surface area (Å²) in [5.41, 5.74) is 2.67. The third kappa shape index (κ3) is 4.09. The van der Waals surface area contributed by atoms with Gasteiger partial charge in [-0.2, -0.15) is 0 Å². The number of halogens is 2. The van der Waals surface area contributed by atoms with Gasteiger partial charge in [0.15, 0.2) is 4.80 Å². The first-order valence-corrected chi connectivity index (χ1v) is 13.7. The molecule has 1 amide bonds. The normalized spacial score (nSPS) is 17.9. The average Bonchev–Trinajstić information content (AvgIpc) is 3.30. The Kier molecular flexibility index (Phi) is 6.71. The van der Waals surface area contributed by atoms with Crippen molar-refractivity contribution in [2.24, 2.45) is 4.99 Å². The molecule has 2 aromatic carbocycles. The van der Waals surface area contributed by atoms with E-state index in [2.05, 4.69) is 36.9 Å². The topological polar surface area (TPSA) is 90.2 Å². The number of allylic oxidation sites excluding steroid dienone is 1. The molecule has 37 heavy (non-hydrogen) atoms. The molecule has 0 unspecified atom stereocenters. The molecule has 11 heteroatoms. The molecule has 0 N–H and O–H groups in total. The average molecular weight is 647 g/mol. The van der Waals surface area contributed by atoms with Gasteiger partial charge in [0.2, 0.25) is 0 Å². The third-order valence-electron chi connectivity index (χ3n) is 6.32. The summed E-state index contributed by atoms with van der Waals surface area (Å²) in [6.45, 7) is 3.62. The highest BCUT2D eigenvalue weighted by Crippen LogP contribution is 2.37. The lowest BCUT2D eigenvalue weighted by Crippen LogP contribution is -2.40. The number of benzene rings is 2. The Morgan fingerprint density at radius 1 is 1.16 bits per heavy atom. The van der Waals surface area contributed by atoms with Crippen molar-refractivity contribution in [3.8, 4) is 5.75 Å². The molecule has 0 spiro atoms. The van der Waals surface area contributed by atoms with E-state index in [9.17, 15) is 14.4 Å². The molecule has 0 fully saturated rings. The van der Waals surface area contributed by atoms with Gasteiger partial charge in [0.25, 0.3) is 11.5 Å². The molecule has 0 saturated heterocycles. The van der Waals surface area contributed by atoms with E-state index in [-0.39, 0.29) is 22.6 Å². The Balaban J connectivity index is 1.84. The first-order valence-electron chi connectivity index (χ1n) is 11.3. The number of fused-ring (bicyclic) bond motifs is 2. The van der Waals surface area contributed by atoms with Crippen LogP contribution in [-0.2, 0) is 14.3 Å². The summed E-state index contributed by atoms with van der Waals surface area (Å²) in [5.74, 6) is -0.216. The molecule has 2 aliphatic rings. The summed E-state index contributed by atoms with van der Waals surface area (Å²) in [6.07, 6.45) is 0. The molecule has 3 aromatic rings. The van der Waals surface area contributed by atoms with Crippen LogP contribution in [0.2, 0.25) is 0 Å². The molecule has 1 atom stereocenters. The summed E-state index contributed by atoms with van der Waals surface area (Å²) in [5, 5.41) is 0. The highest BCUT2D eigenvalue weighted by Gasteiger charge is 2.36. The number of hydrogen-bond donors (Lipinski definition) is 0. The van der Waals surface area contributed by atoms with Gasteiger partial charge in [0.1, 0.15) is 10.3 Å². The molecule has 2 aliphatic heterocycles. The zero-order valence-electron chi connectivity index (χ0n) is 20.3. The van der Waals surface area contributed by atoms with Gasteiger partial charge in [-0.3, -0.25) is 14.2 Å². The van der Waals surface area contributed by atoms with Crippen molar-refractivity contribution in [3.05, 3.63) is 87.4 Å². The minimum atomic E-state index is -0.803. The van der Waals surface area contributed by atoms with Gasteiger partial charge in [-0.1, -0.05) is 33.3 Å². The van der Waals surface area contributed by atoms with E-state index < -0.39 is 17.6 Å². The summed E-state index contributed by atoms with van der Waals surface area (Å²) in [7, 11) is 3.24. The van der Waals surface area contributed by atoms with E-state index in [0.29, 0.717) is 43.1 Å². The Bertz CT molecular complexity index is 1710. The number of methoxy groups -OCH3 is 1. The number of carbonyl (C=O) groups excluding carboxylic acids is 2. The van der Waals surface area contributed by atoms with E-state index in [1.807, 2.05) is 24.3 Å². The van der Waals surface area contributed by atoms with Crippen molar-refractivity contribution in [3.63, 3.8) is 0 Å². The number of nitrogens with zero attached hydrogens (tertiary/aromatic N) is 3. The largest absolute Gasteiger partial charge is 0.496 e. The van der Waals surface area contributed by atoms with Crippen LogP contribution in [0.4, 0.5) is 5.69 Å².